The molecule has 2 aliphatic heterocycles. The fourth-order valence-corrected chi connectivity index (χ4v) is 4.82. The molecule has 5 rings (SSSR count). The lowest BCUT2D eigenvalue weighted by Gasteiger charge is -2.19. The van der Waals surface area contributed by atoms with Gasteiger partial charge in [0, 0.05) is 12.1 Å². The third kappa shape index (κ3) is 3.52. The first-order chi connectivity index (χ1) is 15.6. The molecule has 0 unspecified atom stereocenters. The van der Waals surface area contributed by atoms with Crippen LogP contribution in [0.2, 0.25) is 0 Å². The monoisotopic (exact) mass is 473 g/mol. The van der Waals surface area contributed by atoms with Crippen molar-refractivity contribution in [3.63, 3.8) is 0 Å². The van der Waals surface area contributed by atoms with Gasteiger partial charge in [-0.3, -0.25) is 9.59 Å². The zero-order valence-corrected chi connectivity index (χ0v) is 18.0. The molecule has 0 aliphatic carbocycles. The number of benzene rings is 2. The van der Waals surface area contributed by atoms with Crippen molar-refractivity contribution in [1.29, 1.82) is 0 Å². The van der Waals surface area contributed by atoms with Crippen LogP contribution in [0.25, 0.3) is 11.0 Å². The zero-order chi connectivity index (χ0) is 23.5. The van der Waals surface area contributed by atoms with Gasteiger partial charge in [-0.2, -0.15) is 13.2 Å². The van der Waals surface area contributed by atoms with E-state index in [1.807, 2.05) is 4.90 Å². The van der Waals surface area contributed by atoms with Gasteiger partial charge in [0.05, 0.1) is 23.1 Å². The van der Waals surface area contributed by atoms with Gasteiger partial charge in [0.15, 0.2) is 5.11 Å². The maximum Gasteiger partial charge on any atom is 0.416 e. The fourth-order valence-electron chi connectivity index (χ4n) is 4.43. The number of carbonyl (C=O) groups is 2. The predicted octanol–water partition coefficient (Wildman–Crippen LogP) is 3.30. The lowest BCUT2D eigenvalue weighted by Crippen LogP contribution is -2.35. The number of thiocarbonyl (C=S) groups is 1. The van der Waals surface area contributed by atoms with E-state index in [-0.39, 0.29) is 30.0 Å². The molecular formula is C22H18F3N5O2S. The van der Waals surface area contributed by atoms with E-state index in [2.05, 4.69) is 4.98 Å². The minimum atomic E-state index is -4.48. The van der Waals surface area contributed by atoms with Gasteiger partial charge < -0.3 is 15.2 Å². The second kappa shape index (κ2) is 7.55. The van der Waals surface area contributed by atoms with Gasteiger partial charge in [0.2, 0.25) is 11.9 Å². The summed E-state index contributed by atoms with van der Waals surface area (Å²) in [7, 11) is 0. The van der Waals surface area contributed by atoms with E-state index in [1.54, 1.807) is 16.7 Å². The molecule has 0 radical (unpaired) electrons. The number of rotatable bonds is 4. The van der Waals surface area contributed by atoms with Gasteiger partial charge in [0.25, 0.3) is 5.91 Å². The van der Waals surface area contributed by atoms with Gasteiger partial charge in [-0.15, -0.1) is 0 Å². The van der Waals surface area contributed by atoms with Gasteiger partial charge in [-0.1, -0.05) is 12.1 Å². The summed E-state index contributed by atoms with van der Waals surface area (Å²) in [4.78, 5) is 32.6. The maximum atomic E-state index is 13.2. The molecular weight excluding hydrogens is 455 g/mol. The number of carbonyl (C=O) groups excluding carboxylic acids is 2. The third-order valence-corrected chi connectivity index (χ3v) is 6.42. The van der Waals surface area contributed by atoms with Crippen molar-refractivity contribution in [2.75, 3.05) is 11.4 Å². The quantitative estimate of drug-likeness (QED) is 0.588. The molecule has 0 spiro atoms. The third-order valence-electron chi connectivity index (χ3n) is 6.00. The molecule has 2 N–H and O–H groups in total. The average molecular weight is 473 g/mol. The van der Waals surface area contributed by atoms with E-state index in [0.717, 1.165) is 18.6 Å². The number of aromatic nitrogens is 2. The van der Waals surface area contributed by atoms with Crippen LogP contribution in [0.3, 0.4) is 0 Å². The molecule has 1 atom stereocenters. The molecule has 1 aromatic heterocycles. The normalized spacial score (nSPS) is 18.5. The molecule has 0 bridgehead atoms. The summed E-state index contributed by atoms with van der Waals surface area (Å²) in [5.41, 5.74) is 6.15. The minimum absolute atomic E-state index is 0.0166. The number of nitrogens with zero attached hydrogens (tertiary/aromatic N) is 4. The molecule has 3 heterocycles. The van der Waals surface area contributed by atoms with Gasteiger partial charge in [-0.05, 0) is 61.0 Å². The lowest BCUT2D eigenvalue weighted by molar-refractivity contribution is -0.137. The second-order valence-electron chi connectivity index (χ2n) is 8.07. The van der Waals surface area contributed by atoms with Crippen LogP contribution in [0.5, 0.6) is 0 Å². The molecule has 2 amide bonds. The van der Waals surface area contributed by atoms with Crippen molar-refractivity contribution < 1.29 is 22.8 Å². The lowest BCUT2D eigenvalue weighted by atomic mass is 10.1. The maximum absolute atomic E-state index is 13.2. The van der Waals surface area contributed by atoms with Crippen LogP contribution in [0, 0.1) is 0 Å². The predicted molar refractivity (Wildman–Crippen MR) is 119 cm³/mol. The molecule has 170 valence electrons. The van der Waals surface area contributed by atoms with Crippen LogP contribution in [-0.2, 0) is 17.5 Å². The topological polar surface area (TPSA) is 84.5 Å². The minimum Gasteiger partial charge on any atom is -0.366 e. The highest BCUT2D eigenvalue weighted by Crippen LogP contribution is 2.34. The number of imidazole rings is 1. The van der Waals surface area contributed by atoms with E-state index >= 15 is 0 Å². The number of fused-ring (bicyclic) bond motifs is 2. The summed E-state index contributed by atoms with van der Waals surface area (Å²) < 4.78 is 41.4. The van der Waals surface area contributed by atoms with Crippen molar-refractivity contribution >= 4 is 46.1 Å². The van der Waals surface area contributed by atoms with Crippen LogP contribution < -0.4 is 10.6 Å². The molecule has 7 nitrogen and oxygen atoms in total. The van der Waals surface area contributed by atoms with Crippen LogP contribution in [0.1, 0.15) is 34.3 Å². The summed E-state index contributed by atoms with van der Waals surface area (Å²) in [5.74, 6) is -0.652. The highest BCUT2D eigenvalue weighted by Gasteiger charge is 2.47. The number of amides is 2. The van der Waals surface area contributed by atoms with E-state index in [1.165, 1.54) is 23.1 Å². The van der Waals surface area contributed by atoms with Crippen molar-refractivity contribution in [3.8, 4) is 0 Å². The first-order valence-electron chi connectivity index (χ1n) is 10.3. The van der Waals surface area contributed by atoms with Gasteiger partial charge in [0.1, 0.15) is 6.04 Å². The Morgan fingerprint density at radius 2 is 2.00 bits per heavy atom. The first kappa shape index (κ1) is 21.4. The largest absolute Gasteiger partial charge is 0.416 e. The van der Waals surface area contributed by atoms with E-state index in [0.29, 0.717) is 34.7 Å². The Balaban J connectivity index is 1.64. The van der Waals surface area contributed by atoms with Crippen molar-refractivity contribution in [1.82, 2.24) is 14.5 Å². The SMILES string of the molecule is NC(=O)c1ccc2c(c1)nc(N1C(=O)[C@@H]3CCCN3C1=S)n2Cc1cccc(C(F)(F)F)c1. The number of anilines is 1. The Labute approximate surface area is 191 Å². The number of hydrogen-bond acceptors (Lipinski definition) is 4. The number of primary amides is 1. The van der Waals surface area contributed by atoms with Crippen molar-refractivity contribution in [2.24, 2.45) is 5.73 Å². The fraction of sp³-hybridized carbons (Fsp3) is 0.273. The Hall–Kier alpha value is -3.47. The van der Waals surface area contributed by atoms with Crippen LogP contribution >= 0.6 is 12.2 Å². The second-order valence-corrected chi connectivity index (χ2v) is 8.44. The molecule has 3 aromatic rings. The van der Waals surface area contributed by atoms with Crippen molar-refractivity contribution in [3.05, 3.63) is 59.2 Å². The molecule has 33 heavy (non-hydrogen) atoms. The van der Waals surface area contributed by atoms with Crippen LogP contribution in [0.15, 0.2) is 42.5 Å². The summed E-state index contributed by atoms with van der Waals surface area (Å²) in [5, 5.41) is 0.318. The Morgan fingerprint density at radius 3 is 2.70 bits per heavy atom. The molecule has 2 saturated heterocycles. The van der Waals surface area contributed by atoms with Gasteiger partial charge >= 0.3 is 6.18 Å². The Morgan fingerprint density at radius 1 is 1.21 bits per heavy atom. The molecule has 11 heteroatoms. The average Bonchev–Trinajstić information content (AvgIpc) is 3.43. The van der Waals surface area contributed by atoms with Crippen LogP contribution in [0.4, 0.5) is 19.1 Å². The molecule has 2 aliphatic rings. The summed E-state index contributed by atoms with van der Waals surface area (Å²) in [6, 6.07) is 9.24. The zero-order valence-electron chi connectivity index (χ0n) is 17.2. The van der Waals surface area contributed by atoms with E-state index in [4.69, 9.17) is 18.0 Å². The number of nitrogens with two attached hydrogens (primary N) is 1. The number of alkyl halides is 3. The summed E-state index contributed by atoms with van der Waals surface area (Å²) in [6.45, 7) is 0.675. The first-order valence-corrected chi connectivity index (χ1v) is 10.7. The van der Waals surface area contributed by atoms with E-state index in [9.17, 15) is 22.8 Å². The Bertz CT molecular complexity index is 1300. The Kier molecular flexibility index (Phi) is 4.89. The van der Waals surface area contributed by atoms with Crippen molar-refractivity contribution in [2.45, 2.75) is 31.6 Å². The summed E-state index contributed by atoms with van der Waals surface area (Å²) in [6.07, 6.45) is -2.95. The molecule has 0 saturated carbocycles. The number of halogens is 3. The molecule has 2 aromatic carbocycles. The smallest absolute Gasteiger partial charge is 0.366 e. The number of hydrogen-bond donors (Lipinski definition) is 1. The highest BCUT2D eigenvalue weighted by molar-refractivity contribution is 7.80. The summed E-state index contributed by atoms with van der Waals surface area (Å²) >= 11 is 5.56. The standard InChI is InChI=1S/C22H18F3N5O2S/c23-22(24,25)14-4-1-3-12(9-14)11-29-16-7-6-13(18(26)31)10-15(16)27-20(29)30-19(32)17-5-2-8-28(17)21(30)33/h1,3-4,6-7,9-10,17H,2,5,8,11H2,(H2,26,31)/t17-/m0/s1. The molecule has 2 fully saturated rings. The van der Waals surface area contributed by atoms with E-state index < -0.39 is 17.6 Å². The highest BCUT2D eigenvalue weighted by atomic mass is 32.1. The van der Waals surface area contributed by atoms with Gasteiger partial charge in [-0.25, -0.2) is 9.88 Å². The van der Waals surface area contributed by atoms with Crippen LogP contribution in [-0.4, -0.2) is 44.0 Å².